The zero-order valence-electron chi connectivity index (χ0n) is 8.07. The molecule has 0 heterocycles. The summed E-state index contributed by atoms with van der Waals surface area (Å²) in [4.78, 5) is 8.00. The van der Waals surface area contributed by atoms with Crippen LogP contribution >= 0.6 is 0 Å². The maximum absolute atomic E-state index is 8.00. The molecular weight excluding hydrogens is 136 g/mol. The van der Waals surface area contributed by atoms with Crippen molar-refractivity contribution >= 4 is 6.79 Å². The van der Waals surface area contributed by atoms with Gasteiger partial charge in [0.25, 0.3) is 0 Å². The van der Waals surface area contributed by atoms with Gasteiger partial charge in [-0.05, 0) is 0 Å². The number of hydrogen-bond donors (Lipinski definition) is 0. The van der Waals surface area contributed by atoms with E-state index in [0.29, 0.717) is 0 Å². The van der Waals surface area contributed by atoms with Crippen LogP contribution in [0.5, 0.6) is 0 Å². The van der Waals surface area contributed by atoms with Crippen LogP contribution in [0, 0.1) is 0 Å². The summed E-state index contributed by atoms with van der Waals surface area (Å²) in [5.41, 5.74) is 0. The minimum Gasteiger partial charge on any atom is -0.307 e. The van der Waals surface area contributed by atoms with Gasteiger partial charge in [-0.2, -0.15) is 0 Å². The third kappa shape index (κ3) is 17.7. The van der Waals surface area contributed by atoms with Crippen LogP contribution in [-0.4, -0.2) is 6.79 Å². The van der Waals surface area contributed by atoms with Gasteiger partial charge in [0.2, 0.25) is 0 Å². The van der Waals surface area contributed by atoms with Crippen LogP contribution in [0.4, 0.5) is 0 Å². The molecule has 0 aromatic rings. The van der Waals surface area contributed by atoms with Crippen molar-refractivity contribution in [2.45, 2.75) is 58.8 Å². The molecule has 0 aromatic heterocycles. The SMILES string of the molecule is C=O.CCCCCCCCC. The maximum atomic E-state index is 8.00. The van der Waals surface area contributed by atoms with Gasteiger partial charge in [-0.1, -0.05) is 58.8 Å². The summed E-state index contributed by atoms with van der Waals surface area (Å²) in [6.45, 7) is 6.53. The molecule has 0 saturated carbocycles. The summed E-state index contributed by atoms with van der Waals surface area (Å²) in [7, 11) is 0. The average molecular weight is 158 g/mol. The van der Waals surface area contributed by atoms with Gasteiger partial charge < -0.3 is 4.79 Å². The number of hydrogen-bond acceptors (Lipinski definition) is 1. The second-order valence-electron chi connectivity index (χ2n) is 2.77. The minimum atomic E-state index is 1.37. The van der Waals surface area contributed by atoms with Crippen molar-refractivity contribution in [3.63, 3.8) is 0 Å². The predicted molar refractivity (Wildman–Crippen MR) is 50.8 cm³/mol. The molecule has 0 rings (SSSR count). The third-order valence-corrected chi connectivity index (χ3v) is 1.71. The molecule has 0 radical (unpaired) electrons. The molecule has 0 aliphatic rings. The van der Waals surface area contributed by atoms with E-state index in [9.17, 15) is 0 Å². The summed E-state index contributed by atoms with van der Waals surface area (Å²) >= 11 is 0. The quantitative estimate of drug-likeness (QED) is 0.540. The average Bonchev–Trinajstić information content (AvgIpc) is 2.08. The lowest BCUT2D eigenvalue weighted by Gasteiger charge is -1.96. The van der Waals surface area contributed by atoms with Crippen LogP contribution in [0.15, 0.2) is 0 Å². The van der Waals surface area contributed by atoms with Crippen LogP contribution in [0.3, 0.4) is 0 Å². The number of carbonyl (C=O) groups is 1. The molecule has 0 atom stereocenters. The summed E-state index contributed by atoms with van der Waals surface area (Å²) in [5.74, 6) is 0. The van der Waals surface area contributed by atoms with Gasteiger partial charge in [-0.15, -0.1) is 0 Å². The molecule has 0 unspecified atom stereocenters. The number of carbonyl (C=O) groups excluding carboxylic acids is 1. The Morgan fingerprint density at radius 1 is 0.727 bits per heavy atom. The van der Waals surface area contributed by atoms with E-state index in [1.54, 1.807) is 0 Å². The third-order valence-electron chi connectivity index (χ3n) is 1.71. The lowest BCUT2D eigenvalue weighted by Crippen LogP contribution is -1.76. The van der Waals surface area contributed by atoms with Crippen molar-refractivity contribution < 1.29 is 4.79 Å². The Morgan fingerprint density at radius 2 is 1.00 bits per heavy atom. The summed E-state index contributed by atoms with van der Waals surface area (Å²) < 4.78 is 0. The zero-order valence-corrected chi connectivity index (χ0v) is 8.07. The molecule has 0 fully saturated rings. The van der Waals surface area contributed by atoms with Crippen LogP contribution in [0.25, 0.3) is 0 Å². The van der Waals surface area contributed by atoms with Gasteiger partial charge >= 0.3 is 0 Å². The molecule has 0 bridgehead atoms. The Labute approximate surface area is 71.2 Å². The van der Waals surface area contributed by atoms with Gasteiger partial charge in [0.15, 0.2) is 0 Å². The van der Waals surface area contributed by atoms with E-state index in [1.165, 1.54) is 44.9 Å². The van der Waals surface area contributed by atoms with Crippen LogP contribution < -0.4 is 0 Å². The van der Waals surface area contributed by atoms with Crippen molar-refractivity contribution in [3.8, 4) is 0 Å². The molecule has 0 saturated heterocycles. The Kier molecular flexibility index (Phi) is 19.7. The Morgan fingerprint density at radius 3 is 1.27 bits per heavy atom. The minimum absolute atomic E-state index is 1.37. The van der Waals surface area contributed by atoms with E-state index in [4.69, 9.17) is 4.79 Å². The van der Waals surface area contributed by atoms with Crippen molar-refractivity contribution in [2.75, 3.05) is 0 Å². The van der Waals surface area contributed by atoms with Gasteiger partial charge in [-0.25, -0.2) is 0 Å². The maximum Gasteiger partial charge on any atom is 0.106 e. The number of rotatable bonds is 6. The molecule has 0 N–H and O–H groups in total. The fourth-order valence-corrected chi connectivity index (χ4v) is 1.03. The topological polar surface area (TPSA) is 17.1 Å². The van der Waals surface area contributed by atoms with Gasteiger partial charge in [0.1, 0.15) is 6.79 Å². The van der Waals surface area contributed by atoms with E-state index in [1.807, 2.05) is 6.79 Å². The van der Waals surface area contributed by atoms with Crippen LogP contribution in [0.2, 0.25) is 0 Å². The van der Waals surface area contributed by atoms with E-state index >= 15 is 0 Å². The van der Waals surface area contributed by atoms with Crippen molar-refractivity contribution in [3.05, 3.63) is 0 Å². The van der Waals surface area contributed by atoms with Crippen LogP contribution in [0.1, 0.15) is 58.8 Å². The largest absolute Gasteiger partial charge is 0.307 e. The molecule has 1 heteroatoms. The summed E-state index contributed by atoms with van der Waals surface area (Å²) in [5, 5.41) is 0. The summed E-state index contributed by atoms with van der Waals surface area (Å²) in [6, 6.07) is 0. The molecule has 1 nitrogen and oxygen atoms in total. The van der Waals surface area contributed by atoms with E-state index in [0.717, 1.165) is 0 Å². The molecule has 0 aliphatic heterocycles. The lowest BCUT2D eigenvalue weighted by molar-refractivity contribution is -0.0979. The zero-order chi connectivity index (χ0) is 8.95. The van der Waals surface area contributed by atoms with Crippen molar-refractivity contribution in [1.82, 2.24) is 0 Å². The van der Waals surface area contributed by atoms with Crippen molar-refractivity contribution in [2.24, 2.45) is 0 Å². The Balaban J connectivity index is 0. The first-order valence-corrected chi connectivity index (χ1v) is 4.70. The normalized spacial score (nSPS) is 8.55. The Bertz CT molecular complexity index is 46.8. The summed E-state index contributed by atoms with van der Waals surface area (Å²) in [6.07, 6.45) is 9.97. The molecular formula is C10H22O. The first-order chi connectivity index (χ1) is 5.41. The first-order valence-electron chi connectivity index (χ1n) is 4.70. The second kappa shape index (κ2) is 16.3. The highest BCUT2D eigenvalue weighted by atomic mass is 16.1. The lowest BCUT2D eigenvalue weighted by atomic mass is 10.1. The van der Waals surface area contributed by atoms with E-state index in [2.05, 4.69) is 13.8 Å². The van der Waals surface area contributed by atoms with Gasteiger partial charge in [0, 0.05) is 0 Å². The van der Waals surface area contributed by atoms with Crippen molar-refractivity contribution in [1.29, 1.82) is 0 Å². The first kappa shape index (κ1) is 13.3. The second-order valence-corrected chi connectivity index (χ2v) is 2.77. The van der Waals surface area contributed by atoms with Gasteiger partial charge in [0.05, 0.1) is 0 Å². The molecule has 0 aromatic carbocycles. The fraction of sp³-hybridized carbons (Fsp3) is 0.900. The standard InChI is InChI=1S/C9H20.CH2O/c1-3-5-7-9-8-6-4-2;1-2/h3-9H2,1-2H3;1H2. The fourth-order valence-electron chi connectivity index (χ4n) is 1.03. The highest BCUT2D eigenvalue weighted by Gasteiger charge is 1.85. The molecule has 0 amide bonds. The van der Waals surface area contributed by atoms with Crippen LogP contribution in [-0.2, 0) is 4.79 Å². The smallest absolute Gasteiger partial charge is 0.106 e. The highest BCUT2D eigenvalue weighted by Crippen LogP contribution is 2.05. The Hall–Kier alpha value is -0.330. The highest BCUT2D eigenvalue weighted by molar-refractivity contribution is 5.10. The molecule has 0 aliphatic carbocycles. The van der Waals surface area contributed by atoms with E-state index in [-0.39, 0.29) is 0 Å². The number of unbranched alkanes of at least 4 members (excludes halogenated alkanes) is 6. The van der Waals surface area contributed by atoms with Gasteiger partial charge in [-0.3, -0.25) is 0 Å². The molecule has 68 valence electrons. The predicted octanol–water partition coefficient (Wildman–Crippen LogP) is 3.57. The van der Waals surface area contributed by atoms with E-state index < -0.39 is 0 Å². The molecule has 0 spiro atoms. The monoisotopic (exact) mass is 158 g/mol. The molecule has 11 heavy (non-hydrogen) atoms.